The van der Waals surface area contributed by atoms with Crippen LogP contribution in [0.4, 0.5) is 5.69 Å². The van der Waals surface area contributed by atoms with Gasteiger partial charge >= 0.3 is 0 Å². The van der Waals surface area contributed by atoms with Gasteiger partial charge in [0.2, 0.25) is 5.91 Å². The van der Waals surface area contributed by atoms with Crippen LogP contribution in [-0.4, -0.2) is 25.5 Å². The number of carbonyl (C=O) groups is 1. The molecule has 0 bridgehead atoms. The molecule has 0 saturated heterocycles. The van der Waals surface area contributed by atoms with Crippen molar-refractivity contribution < 1.29 is 4.79 Å². The van der Waals surface area contributed by atoms with Gasteiger partial charge in [-0.3, -0.25) is 4.79 Å². The van der Waals surface area contributed by atoms with E-state index in [0.29, 0.717) is 29.6 Å². The SMILES string of the molecule is CCCC(=O)N(Cc1nc2nc(C)cc(C)n2n1)c1ccc(Cl)cc1. The molecule has 0 unspecified atom stereocenters. The van der Waals surface area contributed by atoms with E-state index in [2.05, 4.69) is 15.1 Å². The molecule has 1 amide bonds. The van der Waals surface area contributed by atoms with Crippen LogP contribution in [0.15, 0.2) is 30.3 Å². The molecular weight excluding hydrogens is 338 g/mol. The second kappa shape index (κ2) is 7.19. The molecule has 0 fully saturated rings. The standard InChI is InChI=1S/C18H20ClN5O/c1-4-5-17(25)23(15-8-6-14(19)7-9-15)11-16-21-18-20-12(2)10-13(3)24(18)22-16/h6-10H,4-5,11H2,1-3H3. The molecule has 0 aliphatic carbocycles. The largest absolute Gasteiger partial charge is 0.305 e. The normalized spacial score (nSPS) is 11.0. The summed E-state index contributed by atoms with van der Waals surface area (Å²) in [5.74, 6) is 1.14. The summed E-state index contributed by atoms with van der Waals surface area (Å²) < 4.78 is 1.70. The summed E-state index contributed by atoms with van der Waals surface area (Å²) in [6.07, 6.45) is 1.24. The number of fused-ring (bicyclic) bond motifs is 1. The molecule has 2 aromatic heterocycles. The Morgan fingerprint density at radius 1 is 1.20 bits per heavy atom. The van der Waals surface area contributed by atoms with Crippen LogP contribution in [0.2, 0.25) is 5.02 Å². The van der Waals surface area contributed by atoms with E-state index < -0.39 is 0 Å². The number of hydrogen-bond acceptors (Lipinski definition) is 4. The average molecular weight is 358 g/mol. The maximum atomic E-state index is 12.6. The number of carbonyl (C=O) groups excluding carboxylic acids is 1. The lowest BCUT2D eigenvalue weighted by atomic mass is 10.2. The van der Waals surface area contributed by atoms with Gasteiger partial charge in [-0.05, 0) is 50.6 Å². The van der Waals surface area contributed by atoms with Crippen molar-refractivity contribution in [3.8, 4) is 0 Å². The molecule has 7 heteroatoms. The number of benzene rings is 1. The zero-order valence-corrected chi connectivity index (χ0v) is 15.3. The van der Waals surface area contributed by atoms with Crippen molar-refractivity contribution in [3.63, 3.8) is 0 Å². The third-order valence-electron chi connectivity index (χ3n) is 3.86. The Bertz CT molecular complexity index is 904. The van der Waals surface area contributed by atoms with Crippen LogP contribution >= 0.6 is 11.6 Å². The first-order chi connectivity index (χ1) is 12.0. The van der Waals surface area contributed by atoms with Gasteiger partial charge in [-0.15, -0.1) is 5.10 Å². The molecule has 0 atom stereocenters. The molecule has 130 valence electrons. The number of aromatic nitrogens is 4. The minimum Gasteiger partial charge on any atom is -0.305 e. The van der Waals surface area contributed by atoms with E-state index in [1.165, 1.54) is 0 Å². The molecule has 0 aliphatic heterocycles. The summed E-state index contributed by atoms with van der Waals surface area (Å²) in [6, 6.07) is 9.16. The molecule has 25 heavy (non-hydrogen) atoms. The highest BCUT2D eigenvalue weighted by Crippen LogP contribution is 2.21. The Labute approximate surface area is 151 Å². The first-order valence-corrected chi connectivity index (χ1v) is 8.61. The van der Waals surface area contributed by atoms with Gasteiger partial charge in [0, 0.05) is 28.5 Å². The van der Waals surface area contributed by atoms with Crippen molar-refractivity contribution in [2.24, 2.45) is 0 Å². The number of hydrogen-bond donors (Lipinski definition) is 0. The lowest BCUT2D eigenvalue weighted by Gasteiger charge is -2.21. The van der Waals surface area contributed by atoms with Gasteiger partial charge in [0.25, 0.3) is 5.78 Å². The van der Waals surface area contributed by atoms with Gasteiger partial charge in [0.05, 0.1) is 6.54 Å². The summed E-state index contributed by atoms with van der Waals surface area (Å²) in [4.78, 5) is 23.2. The van der Waals surface area contributed by atoms with E-state index in [1.807, 2.05) is 39.0 Å². The number of halogens is 1. The molecular formula is C18H20ClN5O. The monoisotopic (exact) mass is 357 g/mol. The van der Waals surface area contributed by atoms with E-state index in [1.54, 1.807) is 21.5 Å². The summed E-state index contributed by atoms with van der Waals surface area (Å²) in [5, 5.41) is 5.13. The molecule has 0 spiro atoms. The summed E-state index contributed by atoms with van der Waals surface area (Å²) in [5.41, 5.74) is 2.63. The number of nitrogens with zero attached hydrogens (tertiary/aromatic N) is 5. The van der Waals surface area contributed by atoms with Crippen molar-refractivity contribution in [3.05, 3.63) is 52.6 Å². The minimum absolute atomic E-state index is 0.0320. The molecule has 0 aliphatic rings. The molecule has 6 nitrogen and oxygen atoms in total. The van der Waals surface area contributed by atoms with Crippen LogP contribution in [0.3, 0.4) is 0 Å². The minimum atomic E-state index is 0.0320. The average Bonchev–Trinajstić information content (AvgIpc) is 2.97. The zero-order valence-electron chi connectivity index (χ0n) is 14.5. The lowest BCUT2D eigenvalue weighted by molar-refractivity contribution is -0.118. The van der Waals surface area contributed by atoms with Crippen LogP contribution in [0, 0.1) is 13.8 Å². The third kappa shape index (κ3) is 3.79. The molecule has 0 saturated carbocycles. The second-order valence-electron chi connectivity index (χ2n) is 5.99. The second-order valence-corrected chi connectivity index (χ2v) is 6.42. The van der Waals surface area contributed by atoms with Crippen molar-refractivity contribution in [1.82, 2.24) is 19.6 Å². The summed E-state index contributed by atoms with van der Waals surface area (Å²) in [7, 11) is 0. The van der Waals surface area contributed by atoms with Crippen molar-refractivity contribution >= 4 is 29.0 Å². The Morgan fingerprint density at radius 3 is 2.60 bits per heavy atom. The predicted molar refractivity (Wildman–Crippen MR) is 97.8 cm³/mol. The fourth-order valence-corrected chi connectivity index (χ4v) is 2.84. The van der Waals surface area contributed by atoms with Gasteiger partial charge in [-0.1, -0.05) is 18.5 Å². The topological polar surface area (TPSA) is 63.4 Å². The zero-order chi connectivity index (χ0) is 18.0. The Kier molecular flexibility index (Phi) is 4.99. The van der Waals surface area contributed by atoms with Crippen LogP contribution in [0.5, 0.6) is 0 Å². The predicted octanol–water partition coefficient (Wildman–Crippen LogP) is 3.73. The van der Waals surface area contributed by atoms with Crippen LogP contribution in [0.1, 0.15) is 37.0 Å². The number of aryl methyl sites for hydroxylation is 2. The molecule has 0 N–H and O–H groups in total. The molecule has 3 rings (SSSR count). The highest BCUT2D eigenvalue weighted by Gasteiger charge is 2.18. The number of anilines is 1. The highest BCUT2D eigenvalue weighted by molar-refractivity contribution is 6.30. The third-order valence-corrected chi connectivity index (χ3v) is 4.12. The number of amides is 1. The van der Waals surface area contributed by atoms with Crippen molar-refractivity contribution in [2.75, 3.05) is 4.90 Å². The van der Waals surface area contributed by atoms with E-state index >= 15 is 0 Å². The fraction of sp³-hybridized carbons (Fsp3) is 0.333. The van der Waals surface area contributed by atoms with E-state index in [0.717, 1.165) is 23.5 Å². The Balaban J connectivity index is 1.95. The maximum absolute atomic E-state index is 12.6. The van der Waals surface area contributed by atoms with E-state index in [4.69, 9.17) is 11.6 Å². The Morgan fingerprint density at radius 2 is 1.92 bits per heavy atom. The molecule has 3 aromatic rings. The lowest BCUT2D eigenvalue weighted by Crippen LogP contribution is -2.30. The first kappa shape index (κ1) is 17.4. The quantitative estimate of drug-likeness (QED) is 0.698. The van der Waals surface area contributed by atoms with Crippen LogP contribution in [-0.2, 0) is 11.3 Å². The molecule has 2 heterocycles. The molecule has 1 aromatic carbocycles. The van der Waals surface area contributed by atoms with Gasteiger partial charge in [-0.2, -0.15) is 4.98 Å². The van der Waals surface area contributed by atoms with Gasteiger partial charge < -0.3 is 4.90 Å². The fourth-order valence-electron chi connectivity index (χ4n) is 2.71. The van der Waals surface area contributed by atoms with Gasteiger partial charge in [-0.25, -0.2) is 9.50 Å². The summed E-state index contributed by atoms with van der Waals surface area (Å²) in [6.45, 7) is 6.16. The van der Waals surface area contributed by atoms with Gasteiger partial charge in [0.1, 0.15) is 0 Å². The van der Waals surface area contributed by atoms with Crippen molar-refractivity contribution in [1.29, 1.82) is 0 Å². The van der Waals surface area contributed by atoms with E-state index in [-0.39, 0.29) is 5.91 Å². The van der Waals surface area contributed by atoms with Crippen LogP contribution in [0.25, 0.3) is 5.78 Å². The Hall–Kier alpha value is -2.47. The van der Waals surface area contributed by atoms with Crippen LogP contribution < -0.4 is 4.90 Å². The number of rotatable bonds is 5. The van der Waals surface area contributed by atoms with Crippen molar-refractivity contribution in [2.45, 2.75) is 40.2 Å². The maximum Gasteiger partial charge on any atom is 0.252 e. The first-order valence-electron chi connectivity index (χ1n) is 8.23. The van der Waals surface area contributed by atoms with E-state index in [9.17, 15) is 4.79 Å². The van der Waals surface area contributed by atoms with Gasteiger partial charge in [0.15, 0.2) is 5.82 Å². The highest BCUT2D eigenvalue weighted by atomic mass is 35.5. The smallest absolute Gasteiger partial charge is 0.252 e. The summed E-state index contributed by atoms with van der Waals surface area (Å²) >= 11 is 5.96. The molecule has 0 radical (unpaired) electrons.